The first kappa shape index (κ1) is 7.95. The highest BCUT2D eigenvalue weighted by molar-refractivity contribution is 7.78. The van der Waals surface area contributed by atoms with E-state index in [-0.39, 0.29) is 0 Å². The van der Waals surface area contributed by atoms with E-state index in [2.05, 4.69) is 22.4 Å². The van der Waals surface area contributed by atoms with Crippen LogP contribution in [0.25, 0.3) is 0 Å². The maximum Gasteiger partial charge on any atom is 0.0680 e. The number of rotatable bonds is 3. The molecule has 1 heterocycles. The van der Waals surface area contributed by atoms with Crippen LogP contribution in [0.15, 0.2) is 0 Å². The van der Waals surface area contributed by atoms with Gasteiger partial charge in [-0.25, -0.2) is 0 Å². The van der Waals surface area contributed by atoms with E-state index in [0.29, 0.717) is 0 Å². The predicted octanol–water partition coefficient (Wildman–Crippen LogP) is 0.977. The van der Waals surface area contributed by atoms with Gasteiger partial charge in [-0.2, -0.15) is 0 Å². The summed E-state index contributed by atoms with van der Waals surface area (Å²) in [6.45, 7) is 3.40. The van der Waals surface area contributed by atoms with Crippen LogP contribution in [0.1, 0.15) is 19.3 Å². The minimum Gasteiger partial charge on any atom is -0.369 e. The molecule has 1 rings (SSSR count). The largest absolute Gasteiger partial charge is 0.369 e. The summed E-state index contributed by atoms with van der Waals surface area (Å²) in [7, 11) is 0. The smallest absolute Gasteiger partial charge is 0.0680 e. The molecular weight excluding hydrogens is 144 g/mol. The molecule has 2 nitrogen and oxygen atoms in total. The lowest BCUT2D eigenvalue weighted by atomic mass is 10.1. The van der Waals surface area contributed by atoms with Gasteiger partial charge in [0.15, 0.2) is 0 Å². The molecule has 0 aliphatic carbocycles. The molecule has 0 aromatic carbocycles. The van der Waals surface area contributed by atoms with Crippen LogP contribution in [0.3, 0.4) is 0 Å². The lowest BCUT2D eigenvalue weighted by molar-refractivity contribution is 0.226. The fourth-order valence-electron chi connectivity index (χ4n) is 1.28. The SMILES string of the molecule is S=CNCN1CCCCC1. The van der Waals surface area contributed by atoms with Gasteiger partial charge in [-0.05, 0) is 25.9 Å². The topological polar surface area (TPSA) is 15.3 Å². The van der Waals surface area contributed by atoms with Crippen molar-refractivity contribution < 1.29 is 0 Å². The molecule has 10 heavy (non-hydrogen) atoms. The number of piperidine rings is 1. The average molecular weight is 158 g/mol. The van der Waals surface area contributed by atoms with Crippen LogP contribution in [-0.2, 0) is 0 Å². The summed E-state index contributed by atoms with van der Waals surface area (Å²) in [6.07, 6.45) is 4.09. The molecule has 0 saturated carbocycles. The Morgan fingerprint density at radius 3 is 2.60 bits per heavy atom. The number of hydrogen-bond donors (Lipinski definition) is 1. The molecule has 1 saturated heterocycles. The van der Waals surface area contributed by atoms with E-state index in [9.17, 15) is 0 Å². The van der Waals surface area contributed by atoms with Crippen molar-refractivity contribution in [3.63, 3.8) is 0 Å². The van der Waals surface area contributed by atoms with Crippen molar-refractivity contribution in [2.24, 2.45) is 0 Å². The molecule has 0 bridgehead atoms. The Morgan fingerprint density at radius 2 is 2.00 bits per heavy atom. The van der Waals surface area contributed by atoms with Crippen molar-refractivity contribution in [2.75, 3.05) is 19.8 Å². The summed E-state index contributed by atoms with van der Waals surface area (Å²) in [5.74, 6) is 0. The van der Waals surface area contributed by atoms with Crippen LogP contribution in [0, 0.1) is 0 Å². The van der Waals surface area contributed by atoms with Gasteiger partial charge in [-0.1, -0.05) is 18.6 Å². The first-order valence-electron chi connectivity index (χ1n) is 3.83. The van der Waals surface area contributed by atoms with E-state index in [1.54, 1.807) is 5.49 Å². The average Bonchev–Trinajstić information content (AvgIpc) is 2.03. The van der Waals surface area contributed by atoms with E-state index < -0.39 is 0 Å². The van der Waals surface area contributed by atoms with E-state index in [4.69, 9.17) is 0 Å². The third-order valence-corrected chi connectivity index (χ3v) is 2.01. The van der Waals surface area contributed by atoms with Gasteiger partial charge in [0.25, 0.3) is 0 Å². The Labute approximate surface area is 67.6 Å². The van der Waals surface area contributed by atoms with Gasteiger partial charge < -0.3 is 5.32 Å². The number of likely N-dealkylation sites (tertiary alicyclic amines) is 1. The second-order valence-corrected chi connectivity index (χ2v) is 2.89. The molecule has 0 amide bonds. The molecule has 0 unspecified atom stereocenters. The molecule has 0 aromatic rings. The predicted molar refractivity (Wildman–Crippen MR) is 47.1 cm³/mol. The molecule has 0 atom stereocenters. The standard InChI is InChI=1S/C7H14N2S/c10-7-8-6-9-4-2-1-3-5-9/h7H,1-6H2,(H,8,10). The second-order valence-electron chi connectivity index (χ2n) is 2.66. The molecule has 0 aromatic heterocycles. The molecule has 0 spiro atoms. The lowest BCUT2D eigenvalue weighted by Gasteiger charge is -2.25. The highest BCUT2D eigenvalue weighted by Gasteiger charge is 2.07. The van der Waals surface area contributed by atoms with E-state index in [0.717, 1.165) is 6.67 Å². The Morgan fingerprint density at radius 1 is 1.30 bits per heavy atom. The van der Waals surface area contributed by atoms with Crippen molar-refractivity contribution >= 4 is 17.7 Å². The zero-order valence-corrected chi connectivity index (χ0v) is 6.99. The number of thiocarbonyl (C=S) groups is 1. The molecule has 1 fully saturated rings. The summed E-state index contributed by atoms with van der Waals surface area (Å²) < 4.78 is 0. The number of nitrogens with one attached hydrogen (secondary N) is 1. The van der Waals surface area contributed by atoms with Crippen LogP contribution in [0.4, 0.5) is 0 Å². The summed E-state index contributed by atoms with van der Waals surface area (Å²) in [6, 6.07) is 0. The molecule has 3 heteroatoms. The maximum absolute atomic E-state index is 4.66. The first-order chi connectivity index (χ1) is 4.93. The van der Waals surface area contributed by atoms with E-state index >= 15 is 0 Å². The van der Waals surface area contributed by atoms with Crippen LogP contribution in [0.2, 0.25) is 0 Å². The van der Waals surface area contributed by atoms with Gasteiger partial charge in [-0.3, -0.25) is 4.90 Å². The summed E-state index contributed by atoms with van der Waals surface area (Å²) in [5, 5.41) is 3.03. The lowest BCUT2D eigenvalue weighted by Crippen LogP contribution is -2.36. The van der Waals surface area contributed by atoms with Crippen LogP contribution in [0.5, 0.6) is 0 Å². The Kier molecular flexibility index (Phi) is 3.68. The summed E-state index contributed by atoms with van der Waals surface area (Å²) in [5.41, 5.74) is 1.59. The van der Waals surface area contributed by atoms with Crippen molar-refractivity contribution in [3.05, 3.63) is 0 Å². The monoisotopic (exact) mass is 158 g/mol. The van der Waals surface area contributed by atoms with Crippen LogP contribution < -0.4 is 5.32 Å². The Balaban J connectivity index is 2.07. The molecule has 58 valence electrons. The van der Waals surface area contributed by atoms with Crippen molar-refractivity contribution in [2.45, 2.75) is 19.3 Å². The van der Waals surface area contributed by atoms with Crippen LogP contribution in [-0.4, -0.2) is 30.1 Å². The fraction of sp³-hybridized carbons (Fsp3) is 0.857. The molecule has 1 N–H and O–H groups in total. The zero-order chi connectivity index (χ0) is 7.23. The van der Waals surface area contributed by atoms with Gasteiger partial charge >= 0.3 is 0 Å². The van der Waals surface area contributed by atoms with E-state index in [1.165, 1.54) is 32.4 Å². The number of nitrogens with zero attached hydrogens (tertiary/aromatic N) is 1. The van der Waals surface area contributed by atoms with Crippen molar-refractivity contribution in [1.29, 1.82) is 0 Å². The zero-order valence-electron chi connectivity index (χ0n) is 6.18. The van der Waals surface area contributed by atoms with Gasteiger partial charge in [0.1, 0.15) is 0 Å². The van der Waals surface area contributed by atoms with Crippen LogP contribution >= 0.6 is 12.2 Å². The molecule has 0 radical (unpaired) electrons. The Bertz CT molecular complexity index is 99.8. The van der Waals surface area contributed by atoms with Gasteiger partial charge in [0.05, 0.1) is 12.2 Å². The third-order valence-electron chi connectivity index (χ3n) is 1.85. The van der Waals surface area contributed by atoms with Crippen molar-refractivity contribution in [1.82, 2.24) is 10.2 Å². The quantitative estimate of drug-likeness (QED) is 0.616. The summed E-state index contributed by atoms with van der Waals surface area (Å²) >= 11 is 4.66. The minimum absolute atomic E-state index is 0.934. The third kappa shape index (κ3) is 2.62. The maximum atomic E-state index is 4.66. The Hall–Kier alpha value is -0.150. The molecule has 1 aliphatic rings. The summed E-state index contributed by atoms with van der Waals surface area (Å²) in [4.78, 5) is 2.40. The van der Waals surface area contributed by atoms with Gasteiger partial charge in [-0.15, -0.1) is 0 Å². The van der Waals surface area contributed by atoms with Crippen molar-refractivity contribution in [3.8, 4) is 0 Å². The second kappa shape index (κ2) is 4.63. The fourth-order valence-corrected chi connectivity index (χ4v) is 1.36. The van der Waals surface area contributed by atoms with E-state index in [1.807, 2.05) is 0 Å². The molecular formula is C7H14N2S. The highest BCUT2D eigenvalue weighted by Crippen LogP contribution is 2.06. The highest BCUT2D eigenvalue weighted by atomic mass is 32.1. The molecule has 1 aliphatic heterocycles. The van der Waals surface area contributed by atoms with Gasteiger partial charge in [0.2, 0.25) is 0 Å². The minimum atomic E-state index is 0.934. The normalized spacial score (nSPS) is 20.4. The number of hydrogen-bond acceptors (Lipinski definition) is 2. The van der Waals surface area contributed by atoms with Gasteiger partial charge in [0, 0.05) is 0 Å². The first-order valence-corrected chi connectivity index (χ1v) is 4.30.